The largest absolute Gasteiger partial charge is 0.348 e. The van der Waals surface area contributed by atoms with Gasteiger partial charge >= 0.3 is 0 Å². The molecule has 18 heavy (non-hydrogen) atoms. The molecule has 0 aliphatic carbocycles. The Hall–Kier alpha value is -1.06. The molecule has 2 rings (SSSR count). The zero-order valence-corrected chi connectivity index (χ0v) is 11.6. The van der Waals surface area contributed by atoms with Crippen molar-refractivity contribution >= 4 is 17.5 Å². The summed E-state index contributed by atoms with van der Waals surface area (Å²) < 4.78 is 0. The van der Waals surface area contributed by atoms with Crippen molar-refractivity contribution in [2.45, 2.75) is 38.3 Å². The van der Waals surface area contributed by atoms with E-state index in [-0.39, 0.29) is 11.9 Å². The Morgan fingerprint density at radius 2 is 2.11 bits per heavy atom. The Balaban J connectivity index is 2.00. The number of hydrogen-bond acceptors (Lipinski definition) is 2. The van der Waals surface area contributed by atoms with Gasteiger partial charge in [-0.25, -0.2) is 0 Å². The maximum atomic E-state index is 12.2. The fourth-order valence-electron chi connectivity index (χ4n) is 2.28. The molecule has 1 aliphatic rings. The molecule has 1 aromatic rings. The van der Waals surface area contributed by atoms with Crippen molar-refractivity contribution in [3.05, 3.63) is 34.9 Å². The first-order valence-corrected chi connectivity index (χ1v) is 6.70. The number of rotatable bonds is 3. The maximum absolute atomic E-state index is 12.2. The fraction of sp³-hybridized carbons (Fsp3) is 0.500. The minimum Gasteiger partial charge on any atom is -0.348 e. The van der Waals surface area contributed by atoms with Gasteiger partial charge in [0.1, 0.15) is 0 Å². The summed E-state index contributed by atoms with van der Waals surface area (Å²) in [6, 6.07) is 7.56. The molecule has 2 N–H and O–H groups in total. The third kappa shape index (κ3) is 2.85. The normalized spacial score (nSPS) is 24.8. The van der Waals surface area contributed by atoms with Crippen molar-refractivity contribution < 1.29 is 4.79 Å². The number of hydrogen-bond donors (Lipinski definition) is 2. The van der Waals surface area contributed by atoms with E-state index in [0.29, 0.717) is 5.02 Å². The van der Waals surface area contributed by atoms with Gasteiger partial charge in [-0.15, -0.1) is 0 Å². The highest BCUT2D eigenvalue weighted by atomic mass is 35.5. The molecule has 1 aromatic carbocycles. The van der Waals surface area contributed by atoms with Crippen LogP contribution in [0.4, 0.5) is 0 Å². The summed E-state index contributed by atoms with van der Waals surface area (Å²) in [5, 5.41) is 7.03. The standard InChI is InChI=1S/C14H19ClN2O/c1-10(11-4-6-12(15)7-5-11)17-13(18)14(2)8-3-9-16-14/h4-7,10,16H,3,8-9H2,1-2H3,(H,17,18)/t10-,14?/m1/s1. The van der Waals surface area contributed by atoms with E-state index in [0.717, 1.165) is 24.9 Å². The van der Waals surface area contributed by atoms with E-state index in [9.17, 15) is 4.79 Å². The lowest BCUT2D eigenvalue weighted by atomic mass is 9.98. The van der Waals surface area contributed by atoms with Crippen LogP contribution >= 0.6 is 11.6 Å². The van der Waals surface area contributed by atoms with Crippen LogP contribution in [0.25, 0.3) is 0 Å². The lowest BCUT2D eigenvalue weighted by Gasteiger charge is -2.26. The van der Waals surface area contributed by atoms with Gasteiger partial charge in [0.05, 0.1) is 11.6 Å². The van der Waals surface area contributed by atoms with Gasteiger partial charge in [-0.05, 0) is 50.9 Å². The summed E-state index contributed by atoms with van der Waals surface area (Å²) in [5.41, 5.74) is 0.648. The fourth-order valence-corrected chi connectivity index (χ4v) is 2.41. The van der Waals surface area contributed by atoms with Gasteiger partial charge in [0.25, 0.3) is 0 Å². The minimum absolute atomic E-state index is 0.00556. The highest BCUT2D eigenvalue weighted by Gasteiger charge is 2.36. The Bertz CT molecular complexity index is 424. The molecule has 0 radical (unpaired) electrons. The summed E-state index contributed by atoms with van der Waals surface area (Å²) in [6.45, 7) is 4.86. The van der Waals surface area contributed by atoms with Crippen LogP contribution in [-0.4, -0.2) is 18.0 Å². The molecule has 0 aromatic heterocycles. The quantitative estimate of drug-likeness (QED) is 0.883. The topological polar surface area (TPSA) is 41.1 Å². The molecule has 1 unspecified atom stereocenters. The van der Waals surface area contributed by atoms with Crippen LogP contribution in [0.5, 0.6) is 0 Å². The van der Waals surface area contributed by atoms with E-state index in [1.54, 1.807) is 0 Å². The molecule has 0 bridgehead atoms. The summed E-state index contributed by atoms with van der Waals surface area (Å²) in [7, 11) is 0. The molecule has 4 heteroatoms. The van der Waals surface area contributed by atoms with Gasteiger partial charge in [0.15, 0.2) is 0 Å². The Kier molecular flexibility index (Phi) is 3.93. The van der Waals surface area contributed by atoms with Crippen LogP contribution in [-0.2, 0) is 4.79 Å². The molecule has 3 nitrogen and oxygen atoms in total. The molecular formula is C14H19ClN2O. The molecule has 1 fully saturated rings. The van der Waals surface area contributed by atoms with Crippen LogP contribution in [0.1, 0.15) is 38.3 Å². The lowest BCUT2D eigenvalue weighted by molar-refractivity contribution is -0.127. The van der Waals surface area contributed by atoms with E-state index in [1.165, 1.54) is 0 Å². The molecule has 2 atom stereocenters. The third-order valence-electron chi connectivity index (χ3n) is 3.59. The molecule has 0 spiro atoms. The second kappa shape index (κ2) is 5.29. The van der Waals surface area contributed by atoms with Crippen molar-refractivity contribution in [3.8, 4) is 0 Å². The van der Waals surface area contributed by atoms with Crippen molar-refractivity contribution in [2.24, 2.45) is 0 Å². The van der Waals surface area contributed by atoms with Gasteiger partial charge in [-0.2, -0.15) is 0 Å². The van der Waals surface area contributed by atoms with E-state index in [1.807, 2.05) is 38.1 Å². The second-order valence-electron chi connectivity index (χ2n) is 5.11. The second-order valence-corrected chi connectivity index (χ2v) is 5.55. The van der Waals surface area contributed by atoms with Crippen molar-refractivity contribution in [1.29, 1.82) is 0 Å². The van der Waals surface area contributed by atoms with Crippen LogP contribution in [0.3, 0.4) is 0 Å². The van der Waals surface area contributed by atoms with Gasteiger partial charge in [0.2, 0.25) is 5.91 Å². The predicted octanol–water partition coefficient (Wildman–Crippen LogP) is 2.66. The average molecular weight is 267 g/mol. The summed E-state index contributed by atoms with van der Waals surface area (Å²) >= 11 is 5.85. The van der Waals surface area contributed by atoms with Crippen LogP contribution < -0.4 is 10.6 Å². The van der Waals surface area contributed by atoms with Crippen molar-refractivity contribution in [3.63, 3.8) is 0 Å². The number of amides is 1. The highest BCUT2D eigenvalue weighted by molar-refractivity contribution is 6.30. The first kappa shape index (κ1) is 13.4. The molecule has 1 saturated heterocycles. The van der Waals surface area contributed by atoms with Crippen LogP contribution in [0.15, 0.2) is 24.3 Å². The molecule has 1 heterocycles. The number of carbonyl (C=O) groups is 1. The molecule has 0 saturated carbocycles. The molecular weight excluding hydrogens is 248 g/mol. The highest BCUT2D eigenvalue weighted by Crippen LogP contribution is 2.21. The third-order valence-corrected chi connectivity index (χ3v) is 3.84. The van der Waals surface area contributed by atoms with Crippen molar-refractivity contribution in [1.82, 2.24) is 10.6 Å². The van der Waals surface area contributed by atoms with Gasteiger partial charge in [0, 0.05) is 5.02 Å². The zero-order chi connectivity index (χ0) is 13.2. The summed E-state index contributed by atoms with van der Waals surface area (Å²) in [5.74, 6) is 0.0717. The maximum Gasteiger partial charge on any atom is 0.240 e. The number of carbonyl (C=O) groups excluding carboxylic acids is 1. The van der Waals surface area contributed by atoms with Crippen LogP contribution in [0, 0.1) is 0 Å². The van der Waals surface area contributed by atoms with Crippen LogP contribution in [0.2, 0.25) is 5.02 Å². The van der Waals surface area contributed by atoms with Gasteiger partial charge < -0.3 is 10.6 Å². The smallest absolute Gasteiger partial charge is 0.240 e. The zero-order valence-electron chi connectivity index (χ0n) is 10.8. The van der Waals surface area contributed by atoms with E-state index >= 15 is 0 Å². The molecule has 1 aliphatic heterocycles. The van der Waals surface area contributed by atoms with E-state index < -0.39 is 5.54 Å². The monoisotopic (exact) mass is 266 g/mol. The van der Waals surface area contributed by atoms with E-state index in [2.05, 4.69) is 10.6 Å². The number of nitrogens with one attached hydrogen (secondary N) is 2. The predicted molar refractivity (Wildman–Crippen MR) is 73.7 cm³/mol. The number of benzene rings is 1. The van der Waals surface area contributed by atoms with Gasteiger partial charge in [-0.3, -0.25) is 4.79 Å². The van der Waals surface area contributed by atoms with E-state index in [4.69, 9.17) is 11.6 Å². The number of halogens is 1. The Morgan fingerprint density at radius 3 is 2.67 bits per heavy atom. The SMILES string of the molecule is C[C@@H](NC(=O)C1(C)CCCN1)c1ccc(Cl)cc1. The summed E-state index contributed by atoms with van der Waals surface area (Å²) in [4.78, 5) is 12.2. The Labute approximate surface area is 113 Å². The average Bonchev–Trinajstić information content (AvgIpc) is 2.78. The first-order chi connectivity index (χ1) is 8.51. The molecule has 1 amide bonds. The van der Waals surface area contributed by atoms with Gasteiger partial charge in [-0.1, -0.05) is 23.7 Å². The van der Waals surface area contributed by atoms with Crippen molar-refractivity contribution in [2.75, 3.05) is 6.54 Å². The Morgan fingerprint density at radius 1 is 1.44 bits per heavy atom. The molecule has 98 valence electrons. The lowest BCUT2D eigenvalue weighted by Crippen LogP contribution is -2.51. The first-order valence-electron chi connectivity index (χ1n) is 6.33. The summed E-state index contributed by atoms with van der Waals surface area (Å²) in [6.07, 6.45) is 1.95. The minimum atomic E-state index is -0.416.